The fraction of sp³-hybridized carbons (Fsp3) is 0.242. The number of benzene rings is 3. The van der Waals surface area contributed by atoms with Crippen molar-refractivity contribution in [2.24, 2.45) is 5.92 Å². The average Bonchev–Trinajstić information content (AvgIpc) is 3.53. The predicted molar refractivity (Wildman–Crippen MR) is 155 cm³/mol. The van der Waals surface area contributed by atoms with E-state index in [-0.39, 0.29) is 23.8 Å². The van der Waals surface area contributed by atoms with Crippen molar-refractivity contribution in [2.45, 2.75) is 44.8 Å². The minimum Gasteiger partial charge on any atom is -0.487 e. The summed E-state index contributed by atoms with van der Waals surface area (Å²) in [6.45, 7) is 0.377. The van der Waals surface area contributed by atoms with E-state index in [0.717, 1.165) is 68.1 Å². The first-order chi connectivity index (χ1) is 19.6. The van der Waals surface area contributed by atoms with Crippen LogP contribution in [0.15, 0.2) is 84.9 Å². The number of imide groups is 1. The third kappa shape index (κ3) is 4.65. The molecule has 3 heterocycles. The number of carbonyl (C=O) groups is 2. The number of aromatic nitrogens is 1. The Labute approximate surface area is 236 Å². The molecule has 3 aromatic carbocycles. The van der Waals surface area contributed by atoms with Crippen LogP contribution in [0.25, 0.3) is 21.0 Å². The van der Waals surface area contributed by atoms with E-state index >= 15 is 0 Å². The van der Waals surface area contributed by atoms with Crippen LogP contribution in [0.3, 0.4) is 0 Å². The monoisotopic (exact) mass is 548 g/mol. The third-order valence-electron chi connectivity index (χ3n) is 7.89. The highest BCUT2D eigenvalue weighted by Gasteiger charge is 2.40. The van der Waals surface area contributed by atoms with Crippen molar-refractivity contribution < 1.29 is 19.2 Å². The van der Waals surface area contributed by atoms with Gasteiger partial charge in [0.2, 0.25) is 0 Å². The Morgan fingerprint density at radius 1 is 0.825 bits per heavy atom. The van der Waals surface area contributed by atoms with Gasteiger partial charge in [0, 0.05) is 15.0 Å². The Morgan fingerprint density at radius 2 is 1.55 bits per heavy atom. The Kier molecular flexibility index (Phi) is 6.54. The normalized spacial score (nSPS) is 16.6. The number of nitrogens with zero attached hydrogens (tertiary/aromatic N) is 2. The fourth-order valence-electron chi connectivity index (χ4n) is 5.79. The van der Waals surface area contributed by atoms with Gasteiger partial charge in [0.25, 0.3) is 11.8 Å². The van der Waals surface area contributed by atoms with Crippen molar-refractivity contribution in [3.05, 3.63) is 107 Å². The van der Waals surface area contributed by atoms with Gasteiger partial charge in [-0.25, -0.2) is 4.98 Å². The summed E-state index contributed by atoms with van der Waals surface area (Å²) in [5.74, 6) is 0.230. The zero-order valence-corrected chi connectivity index (χ0v) is 22.7. The van der Waals surface area contributed by atoms with Gasteiger partial charge in [0.1, 0.15) is 18.5 Å². The molecule has 5 aromatic rings. The summed E-state index contributed by atoms with van der Waals surface area (Å²) in [5, 5.41) is 3.18. The van der Waals surface area contributed by atoms with E-state index in [0.29, 0.717) is 17.7 Å². The van der Waals surface area contributed by atoms with Crippen molar-refractivity contribution in [3.63, 3.8) is 0 Å². The molecule has 0 N–H and O–H groups in total. The lowest BCUT2D eigenvalue weighted by atomic mass is 9.84. The number of carbonyl (C=O) groups excluding carboxylic acids is 2. The molecule has 1 aliphatic heterocycles. The quantitative estimate of drug-likeness (QED) is 0.194. The smallest absolute Gasteiger partial charge is 0.285 e. The fourth-order valence-corrected chi connectivity index (χ4v) is 7.00. The summed E-state index contributed by atoms with van der Waals surface area (Å²) in [5.41, 5.74) is 2.62. The van der Waals surface area contributed by atoms with E-state index in [4.69, 9.17) is 14.6 Å². The minimum atomic E-state index is -0.388. The van der Waals surface area contributed by atoms with Gasteiger partial charge in [-0.05, 0) is 72.7 Å². The molecule has 6 nitrogen and oxygen atoms in total. The molecular formula is C33H28N2O4S. The Balaban J connectivity index is 1.14. The van der Waals surface area contributed by atoms with Crippen molar-refractivity contribution >= 4 is 44.1 Å². The zero-order chi connectivity index (χ0) is 27.1. The van der Waals surface area contributed by atoms with Crippen LogP contribution in [0, 0.1) is 5.92 Å². The van der Waals surface area contributed by atoms with Crippen LogP contribution >= 0.6 is 11.3 Å². The predicted octanol–water partition coefficient (Wildman–Crippen LogP) is 7.88. The largest absolute Gasteiger partial charge is 0.487 e. The number of rotatable bonds is 7. The van der Waals surface area contributed by atoms with E-state index in [1.807, 2.05) is 42.5 Å². The molecule has 0 radical (unpaired) electrons. The SMILES string of the molecule is O=C1c2ccccc2C(=O)N1OC(c1cc2ccc(OCc3ccc4ccccc4n3)cc2s1)C1CCCCC1. The maximum absolute atomic E-state index is 13.1. The lowest BCUT2D eigenvalue weighted by molar-refractivity contribution is -0.154. The summed E-state index contributed by atoms with van der Waals surface area (Å²) in [7, 11) is 0. The highest BCUT2D eigenvalue weighted by atomic mass is 32.1. The second-order valence-corrected chi connectivity index (χ2v) is 11.6. The van der Waals surface area contributed by atoms with E-state index < -0.39 is 0 Å². The van der Waals surface area contributed by atoms with E-state index in [1.165, 1.54) is 6.42 Å². The average molecular weight is 549 g/mol. The molecule has 1 unspecified atom stereocenters. The van der Waals surface area contributed by atoms with Crippen molar-refractivity contribution in [1.82, 2.24) is 10.0 Å². The highest BCUT2D eigenvalue weighted by molar-refractivity contribution is 7.19. The first kappa shape index (κ1) is 24.9. The first-order valence-electron chi connectivity index (χ1n) is 13.8. The second-order valence-electron chi connectivity index (χ2n) is 10.5. The molecule has 7 rings (SSSR count). The molecule has 40 heavy (non-hydrogen) atoms. The topological polar surface area (TPSA) is 68.7 Å². The molecule has 1 fully saturated rings. The van der Waals surface area contributed by atoms with Crippen LogP contribution < -0.4 is 4.74 Å². The molecule has 7 heteroatoms. The van der Waals surface area contributed by atoms with Crippen LogP contribution in [-0.4, -0.2) is 21.9 Å². The number of fused-ring (bicyclic) bond motifs is 3. The van der Waals surface area contributed by atoms with Gasteiger partial charge in [-0.1, -0.05) is 55.7 Å². The number of pyridine rings is 1. The summed E-state index contributed by atoms with van der Waals surface area (Å²) < 4.78 is 7.20. The minimum absolute atomic E-state index is 0.237. The number of thiophene rings is 1. The zero-order valence-electron chi connectivity index (χ0n) is 21.9. The molecule has 200 valence electrons. The number of ether oxygens (including phenoxy) is 1. The van der Waals surface area contributed by atoms with Crippen molar-refractivity contribution in [1.29, 1.82) is 0 Å². The number of para-hydroxylation sites is 1. The molecule has 0 spiro atoms. The first-order valence-corrected chi connectivity index (χ1v) is 14.6. The molecule has 2 aromatic heterocycles. The van der Waals surface area contributed by atoms with E-state index in [9.17, 15) is 9.59 Å². The number of hydrogen-bond acceptors (Lipinski definition) is 6. The van der Waals surface area contributed by atoms with Gasteiger partial charge in [-0.3, -0.25) is 14.4 Å². The van der Waals surface area contributed by atoms with Crippen LogP contribution in [-0.2, 0) is 11.4 Å². The standard InChI is InChI=1S/C33H28N2O4S/c36-32-26-11-5-6-12-27(26)33(37)35(32)39-31(22-9-2-1-3-10-22)30-18-23-15-17-25(19-29(23)40-30)38-20-24-16-14-21-8-4-7-13-28(21)34-24/h4-8,11-19,22,31H,1-3,9-10,20H2. The summed E-state index contributed by atoms with van der Waals surface area (Å²) in [6, 6.07) is 27.2. The van der Waals surface area contributed by atoms with Gasteiger partial charge in [-0.15, -0.1) is 16.4 Å². The van der Waals surface area contributed by atoms with E-state index in [2.05, 4.69) is 18.2 Å². The van der Waals surface area contributed by atoms with Crippen LogP contribution in [0.5, 0.6) is 5.75 Å². The lowest BCUT2D eigenvalue weighted by Crippen LogP contribution is -2.34. The maximum atomic E-state index is 13.1. The Bertz CT molecular complexity index is 1700. The molecule has 0 saturated heterocycles. The summed E-state index contributed by atoms with van der Waals surface area (Å²) >= 11 is 1.64. The number of amides is 2. The van der Waals surface area contributed by atoms with Gasteiger partial charge in [0.05, 0.1) is 22.3 Å². The number of hydrogen-bond donors (Lipinski definition) is 0. The molecular weight excluding hydrogens is 520 g/mol. The van der Waals surface area contributed by atoms with E-state index in [1.54, 1.807) is 35.6 Å². The van der Waals surface area contributed by atoms with Crippen molar-refractivity contribution in [2.75, 3.05) is 0 Å². The highest BCUT2D eigenvalue weighted by Crippen LogP contribution is 2.43. The molecule has 2 amide bonds. The Morgan fingerprint density at radius 3 is 2.35 bits per heavy atom. The molecule has 1 atom stereocenters. The second kappa shape index (κ2) is 10.5. The van der Waals surface area contributed by atoms with Gasteiger partial charge < -0.3 is 4.74 Å². The molecule has 1 aliphatic carbocycles. The van der Waals surface area contributed by atoms with Crippen LogP contribution in [0.4, 0.5) is 0 Å². The Hall–Kier alpha value is -4.07. The summed E-state index contributed by atoms with van der Waals surface area (Å²) in [6.07, 6.45) is 5.10. The van der Waals surface area contributed by atoms with Crippen LogP contribution in [0.1, 0.15) is 69.5 Å². The van der Waals surface area contributed by atoms with Gasteiger partial charge in [-0.2, -0.15) is 0 Å². The maximum Gasteiger partial charge on any atom is 0.285 e. The number of hydroxylamine groups is 2. The van der Waals surface area contributed by atoms with Crippen molar-refractivity contribution in [3.8, 4) is 5.75 Å². The van der Waals surface area contributed by atoms with Crippen LogP contribution in [0.2, 0.25) is 0 Å². The molecule has 1 saturated carbocycles. The summed E-state index contributed by atoms with van der Waals surface area (Å²) in [4.78, 5) is 38.3. The van der Waals surface area contributed by atoms with Gasteiger partial charge in [0.15, 0.2) is 0 Å². The van der Waals surface area contributed by atoms with Gasteiger partial charge >= 0.3 is 0 Å². The molecule has 2 aliphatic rings. The molecule has 0 bridgehead atoms. The lowest BCUT2D eigenvalue weighted by Gasteiger charge is -2.31. The third-order valence-corrected chi connectivity index (χ3v) is 9.05.